The highest BCUT2D eigenvalue weighted by atomic mass is 127. The number of halogens is 2. The van der Waals surface area contributed by atoms with Gasteiger partial charge in [0.15, 0.2) is 0 Å². The summed E-state index contributed by atoms with van der Waals surface area (Å²) in [7, 11) is 0. The zero-order valence-electron chi connectivity index (χ0n) is 11.2. The molecule has 0 fully saturated rings. The SMILES string of the molecule is Cc1cccc(-c2noc(N)c2-c2cccc(Cl)c2)c1I. The van der Waals surface area contributed by atoms with Crippen LogP contribution < -0.4 is 5.73 Å². The highest BCUT2D eigenvalue weighted by molar-refractivity contribution is 14.1. The van der Waals surface area contributed by atoms with Gasteiger partial charge in [0.1, 0.15) is 5.69 Å². The lowest BCUT2D eigenvalue weighted by Gasteiger charge is -2.07. The number of hydrogen-bond acceptors (Lipinski definition) is 3. The van der Waals surface area contributed by atoms with Crippen LogP contribution in [0.2, 0.25) is 5.02 Å². The maximum Gasteiger partial charge on any atom is 0.230 e. The molecule has 3 rings (SSSR count). The quantitative estimate of drug-likeness (QED) is 0.594. The van der Waals surface area contributed by atoms with Crippen molar-refractivity contribution in [1.29, 1.82) is 0 Å². The van der Waals surface area contributed by atoms with E-state index in [1.54, 1.807) is 0 Å². The van der Waals surface area contributed by atoms with Gasteiger partial charge in [0.25, 0.3) is 0 Å². The second kappa shape index (κ2) is 5.69. The molecule has 2 aromatic carbocycles. The van der Waals surface area contributed by atoms with Crippen LogP contribution in [0.1, 0.15) is 5.56 Å². The fourth-order valence-electron chi connectivity index (χ4n) is 2.24. The Balaban J connectivity index is 2.24. The third kappa shape index (κ3) is 2.65. The number of benzene rings is 2. The molecule has 3 aromatic rings. The molecule has 3 nitrogen and oxygen atoms in total. The smallest absolute Gasteiger partial charge is 0.230 e. The summed E-state index contributed by atoms with van der Waals surface area (Å²) in [5, 5.41) is 4.80. The zero-order chi connectivity index (χ0) is 15.0. The third-order valence-corrected chi connectivity index (χ3v) is 4.95. The predicted octanol–water partition coefficient (Wildman–Crippen LogP) is 5.16. The van der Waals surface area contributed by atoms with Crippen molar-refractivity contribution in [2.24, 2.45) is 0 Å². The molecule has 1 heterocycles. The minimum Gasteiger partial charge on any atom is -0.367 e. The molecular formula is C16H12ClIN2O. The molecule has 2 N–H and O–H groups in total. The van der Waals surface area contributed by atoms with E-state index >= 15 is 0 Å². The van der Waals surface area contributed by atoms with Crippen LogP contribution in [0.25, 0.3) is 22.4 Å². The zero-order valence-corrected chi connectivity index (χ0v) is 14.1. The van der Waals surface area contributed by atoms with E-state index in [2.05, 4.69) is 40.7 Å². The Labute approximate surface area is 141 Å². The Bertz CT molecular complexity index is 814. The first-order chi connectivity index (χ1) is 10.1. The van der Waals surface area contributed by atoms with Crippen LogP contribution in [0.15, 0.2) is 47.0 Å². The topological polar surface area (TPSA) is 52.0 Å². The molecule has 0 aliphatic heterocycles. The number of nitrogens with zero attached hydrogens (tertiary/aromatic N) is 1. The number of aryl methyl sites for hydroxylation is 1. The van der Waals surface area contributed by atoms with Crippen LogP contribution in [0.5, 0.6) is 0 Å². The van der Waals surface area contributed by atoms with Gasteiger partial charge in [-0.1, -0.05) is 47.1 Å². The van der Waals surface area contributed by atoms with Crippen LogP contribution in [0, 0.1) is 10.5 Å². The maximum atomic E-state index is 6.08. The summed E-state index contributed by atoms with van der Waals surface area (Å²) in [5.74, 6) is 0.296. The summed E-state index contributed by atoms with van der Waals surface area (Å²) in [6.45, 7) is 2.06. The fourth-order valence-corrected chi connectivity index (χ4v) is 3.05. The van der Waals surface area contributed by atoms with Crippen LogP contribution in [-0.4, -0.2) is 5.16 Å². The summed E-state index contributed by atoms with van der Waals surface area (Å²) in [4.78, 5) is 0. The van der Waals surface area contributed by atoms with E-state index in [1.165, 1.54) is 5.56 Å². The van der Waals surface area contributed by atoms with Crippen molar-refractivity contribution in [2.75, 3.05) is 5.73 Å². The summed E-state index contributed by atoms with van der Waals surface area (Å²) < 4.78 is 6.35. The minimum absolute atomic E-state index is 0.296. The van der Waals surface area contributed by atoms with Crippen molar-refractivity contribution in [2.45, 2.75) is 6.92 Å². The lowest BCUT2D eigenvalue weighted by molar-refractivity contribution is 0.439. The van der Waals surface area contributed by atoms with E-state index in [0.29, 0.717) is 10.9 Å². The Hall–Kier alpha value is -1.53. The number of nitrogens with two attached hydrogens (primary N) is 1. The van der Waals surface area contributed by atoms with Gasteiger partial charge in [-0.3, -0.25) is 0 Å². The van der Waals surface area contributed by atoms with Crippen molar-refractivity contribution in [1.82, 2.24) is 5.16 Å². The maximum absolute atomic E-state index is 6.08. The number of anilines is 1. The largest absolute Gasteiger partial charge is 0.367 e. The Morgan fingerprint density at radius 1 is 1.19 bits per heavy atom. The van der Waals surface area contributed by atoms with Crippen molar-refractivity contribution in [3.05, 3.63) is 56.6 Å². The van der Waals surface area contributed by atoms with Gasteiger partial charge in [0.05, 0.1) is 5.56 Å². The molecule has 0 bridgehead atoms. The lowest BCUT2D eigenvalue weighted by atomic mass is 10.00. The molecule has 5 heteroatoms. The molecule has 0 amide bonds. The van der Waals surface area contributed by atoms with E-state index in [1.807, 2.05) is 36.4 Å². The average molecular weight is 411 g/mol. The second-order valence-electron chi connectivity index (χ2n) is 4.72. The van der Waals surface area contributed by atoms with E-state index in [4.69, 9.17) is 21.9 Å². The van der Waals surface area contributed by atoms with Crippen LogP contribution in [0.4, 0.5) is 5.88 Å². The monoisotopic (exact) mass is 410 g/mol. The average Bonchev–Trinajstić information content (AvgIpc) is 2.83. The van der Waals surface area contributed by atoms with Crippen molar-refractivity contribution in [3.63, 3.8) is 0 Å². The molecule has 0 saturated carbocycles. The van der Waals surface area contributed by atoms with Gasteiger partial charge in [0, 0.05) is 14.2 Å². The van der Waals surface area contributed by atoms with E-state index in [-0.39, 0.29) is 0 Å². The molecular weight excluding hydrogens is 399 g/mol. The fraction of sp³-hybridized carbons (Fsp3) is 0.0625. The summed E-state index contributed by atoms with van der Waals surface area (Å²) >= 11 is 8.39. The molecule has 0 spiro atoms. The van der Waals surface area contributed by atoms with E-state index < -0.39 is 0 Å². The molecule has 1 aromatic heterocycles. The Morgan fingerprint density at radius 3 is 2.71 bits per heavy atom. The van der Waals surface area contributed by atoms with E-state index in [0.717, 1.165) is 26.0 Å². The molecule has 0 aliphatic carbocycles. The van der Waals surface area contributed by atoms with Gasteiger partial charge < -0.3 is 10.3 Å². The second-order valence-corrected chi connectivity index (χ2v) is 6.23. The first kappa shape index (κ1) is 14.4. The summed E-state index contributed by atoms with van der Waals surface area (Å²) in [5.41, 5.74) is 10.6. The van der Waals surface area contributed by atoms with Gasteiger partial charge in [-0.2, -0.15) is 0 Å². The van der Waals surface area contributed by atoms with Crippen LogP contribution in [-0.2, 0) is 0 Å². The Morgan fingerprint density at radius 2 is 1.95 bits per heavy atom. The van der Waals surface area contributed by atoms with Crippen molar-refractivity contribution in [3.8, 4) is 22.4 Å². The highest BCUT2D eigenvalue weighted by Crippen LogP contribution is 2.39. The lowest BCUT2D eigenvalue weighted by Crippen LogP contribution is -1.91. The Kier molecular flexibility index (Phi) is 3.91. The minimum atomic E-state index is 0.296. The molecule has 0 unspecified atom stereocenters. The molecule has 0 aliphatic rings. The standard InChI is InChI=1S/C16H12ClIN2O/c1-9-4-2-7-12(14(9)18)15-13(16(19)21-20-15)10-5-3-6-11(17)8-10/h2-8H,19H2,1H3. The van der Waals surface area contributed by atoms with E-state index in [9.17, 15) is 0 Å². The summed E-state index contributed by atoms with van der Waals surface area (Å²) in [6.07, 6.45) is 0. The van der Waals surface area contributed by atoms with Crippen LogP contribution in [0.3, 0.4) is 0 Å². The van der Waals surface area contributed by atoms with Gasteiger partial charge in [0.2, 0.25) is 5.88 Å². The van der Waals surface area contributed by atoms with Crippen LogP contribution >= 0.6 is 34.2 Å². The van der Waals surface area contributed by atoms with Crippen molar-refractivity contribution < 1.29 is 4.52 Å². The number of hydrogen-bond donors (Lipinski definition) is 1. The number of aromatic nitrogens is 1. The summed E-state index contributed by atoms with van der Waals surface area (Å²) in [6, 6.07) is 13.6. The molecule has 0 saturated heterocycles. The first-order valence-corrected chi connectivity index (χ1v) is 7.80. The van der Waals surface area contributed by atoms with Gasteiger partial charge >= 0.3 is 0 Å². The molecule has 0 atom stereocenters. The first-order valence-electron chi connectivity index (χ1n) is 6.34. The number of rotatable bonds is 2. The predicted molar refractivity (Wildman–Crippen MR) is 94.3 cm³/mol. The van der Waals surface area contributed by atoms with Gasteiger partial charge in [-0.25, -0.2) is 0 Å². The highest BCUT2D eigenvalue weighted by Gasteiger charge is 2.19. The molecule has 21 heavy (non-hydrogen) atoms. The normalized spacial score (nSPS) is 10.8. The molecule has 0 radical (unpaired) electrons. The van der Waals surface area contributed by atoms with Crippen molar-refractivity contribution >= 4 is 40.1 Å². The number of nitrogen functional groups attached to an aromatic ring is 1. The third-order valence-electron chi connectivity index (χ3n) is 3.28. The van der Waals surface area contributed by atoms with Gasteiger partial charge in [-0.15, -0.1) is 0 Å². The van der Waals surface area contributed by atoms with Gasteiger partial charge in [-0.05, 0) is 52.8 Å². The molecule has 106 valence electrons.